The predicted octanol–water partition coefficient (Wildman–Crippen LogP) is 1.52. The number of imidazole rings is 1. The van der Waals surface area contributed by atoms with Gasteiger partial charge in [-0.15, -0.1) is 0 Å². The lowest BCUT2D eigenvalue weighted by atomic mass is 10.3. The zero-order valence-electron chi connectivity index (χ0n) is 9.14. The molecule has 16 heavy (non-hydrogen) atoms. The number of hydrogen-bond donors (Lipinski definition) is 1. The van der Waals surface area contributed by atoms with Crippen LogP contribution in [-0.4, -0.2) is 19.5 Å². The molecular formula is C11H12N4S. The average molecular weight is 232 g/mol. The van der Waals surface area contributed by atoms with Crippen LogP contribution in [0.2, 0.25) is 0 Å². The molecule has 2 N–H and O–H groups in total. The number of hydrogen-bond acceptors (Lipinski definition) is 3. The Morgan fingerprint density at radius 2 is 2.12 bits per heavy atom. The smallest absolute Gasteiger partial charge is 0.122 e. The Morgan fingerprint density at radius 3 is 2.69 bits per heavy atom. The lowest BCUT2D eigenvalue weighted by molar-refractivity contribution is 0.993. The molecule has 2 heterocycles. The van der Waals surface area contributed by atoms with Crippen LogP contribution in [0.4, 0.5) is 0 Å². The van der Waals surface area contributed by atoms with Gasteiger partial charge in [0, 0.05) is 11.9 Å². The van der Waals surface area contributed by atoms with Crippen molar-refractivity contribution < 1.29 is 0 Å². The van der Waals surface area contributed by atoms with Crippen LogP contribution in [0, 0.1) is 13.8 Å². The van der Waals surface area contributed by atoms with E-state index in [2.05, 4.69) is 9.97 Å². The topological polar surface area (TPSA) is 56.7 Å². The highest BCUT2D eigenvalue weighted by Crippen LogP contribution is 2.13. The second kappa shape index (κ2) is 4.02. The molecule has 0 aliphatic rings. The molecule has 0 saturated carbocycles. The summed E-state index contributed by atoms with van der Waals surface area (Å²) in [6.07, 6.45) is 3.47. The molecule has 0 aromatic carbocycles. The van der Waals surface area contributed by atoms with Gasteiger partial charge in [-0.1, -0.05) is 12.2 Å². The lowest BCUT2D eigenvalue weighted by Gasteiger charge is -2.06. The Labute approximate surface area is 99.1 Å². The van der Waals surface area contributed by atoms with Crippen molar-refractivity contribution in [1.82, 2.24) is 14.5 Å². The maximum atomic E-state index is 5.55. The van der Waals surface area contributed by atoms with E-state index in [0.29, 0.717) is 10.7 Å². The molecule has 4 nitrogen and oxygen atoms in total. The van der Waals surface area contributed by atoms with Gasteiger partial charge >= 0.3 is 0 Å². The van der Waals surface area contributed by atoms with E-state index in [1.807, 2.05) is 30.5 Å². The van der Waals surface area contributed by atoms with Crippen LogP contribution in [0.1, 0.15) is 17.1 Å². The van der Waals surface area contributed by atoms with E-state index in [1.54, 1.807) is 12.5 Å². The summed E-state index contributed by atoms with van der Waals surface area (Å²) in [6.45, 7) is 3.99. The van der Waals surface area contributed by atoms with Crippen molar-refractivity contribution in [3.05, 3.63) is 41.7 Å². The second-order valence-electron chi connectivity index (χ2n) is 3.55. The first-order valence-corrected chi connectivity index (χ1v) is 5.27. The minimum atomic E-state index is 0.302. The van der Waals surface area contributed by atoms with Crippen molar-refractivity contribution in [3.8, 4) is 5.69 Å². The van der Waals surface area contributed by atoms with Gasteiger partial charge in [-0.25, -0.2) is 4.98 Å². The van der Waals surface area contributed by atoms with E-state index in [9.17, 15) is 0 Å². The summed E-state index contributed by atoms with van der Waals surface area (Å²) in [5, 5.41) is 0. The molecule has 0 atom stereocenters. The third-order valence-electron chi connectivity index (χ3n) is 2.53. The van der Waals surface area contributed by atoms with E-state index in [0.717, 1.165) is 17.1 Å². The Bertz CT molecular complexity index is 545. The number of rotatable bonds is 2. The fourth-order valence-corrected chi connectivity index (χ4v) is 1.57. The highest BCUT2D eigenvalue weighted by atomic mass is 32.1. The SMILES string of the molecule is Cc1ncn(-c2ccnc(C(N)=S)c2)c1C. The zero-order chi connectivity index (χ0) is 11.7. The minimum Gasteiger partial charge on any atom is -0.388 e. The second-order valence-corrected chi connectivity index (χ2v) is 3.99. The third-order valence-corrected chi connectivity index (χ3v) is 2.74. The molecule has 82 valence electrons. The molecule has 2 aromatic heterocycles. The van der Waals surface area contributed by atoms with Gasteiger partial charge < -0.3 is 10.3 Å². The number of thiocarbonyl (C=S) groups is 1. The highest BCUT2D eigenvalue weighted by molar-refractivity contribution is 7.80. The molecule has 0 aliphatic heterocycles. The molecule has 0 bridgehead atoms. The molecule has 2 rings (SSSR count). The maximum Gasteiger partial charge on any atom is 0.122 e. The van der Waals surface area contributed by atoms with Crippen LogP contribution in [0.3, 0.4) is 0 Å². The Balaban J connectivity index is 2.52. The zero-order valence-corrected chi connectivity index (χ0v) is 9.95. The Kier molecular flexibility index (Phi) is 2.70. The molecule has 0 fully saturated rings. The summed E-state index contributed by atoms with van der Waals surface area (Å²) < 4.78 is 1.98. The summed E-state index contributed by atoms with van der Waals surface area (Å²) >= 11 is 4.90. The van der Waals surface area contributed by atoms with E-state index in [-0.39, 0.29) is 0 Å². The fraction of sp³-hybridized carbons (Fsp3) is 0.182. The van der Waals surface area contributed by atoms with Crippen LogP contribution in [0.15, 0.2) is 24.7 Å². The average Bonchev–Trinajstić information content (AvgIpc) is 2.60. The van der Waals surface area contributed by atoms with Gasteiger partial charge in [0.25, 0.3) is 0 Å². The standard InChI is InChI=1S/C11H12N4S/c1-7-8(2)15(6-14-7)9-3-4-13-10(5-9)11(12)16/h3-6H,1-2H3,(H2,12,16). The van der Waals surface area contributed by atoms with Gasteiger partial charge in [-0.2, -0.15) is 0 Å². The predicted molar refractivity (Wildman–Crippen MR) is 66.7 cm³/mol. The number of aryl methyl sites for hydroxylation is 1. The van der Waals surface area contributed by atoms with Crippen LogP contribution < -0.4 is 5.73 Å². The van der Waals surface area contributed by atoms with E-state index in [4.69, 9.17) is 18.0 Å². The number of nitrogens with two attached hydrogens (primary N) is 1. The first-order chi connectivity index (χ1) is 7.59. The summed E-state index contributed by atoms with van der Waals surface area (Å²) in [6, 6.07) is 3.76. The lowest BCUT2D eigenvalue weighted by Crippen LogP contribution is -2.12. The summed E-state index contributed by atoms with van der Waals surface area (Å²) in [4.78, 5) is 8.65. The first-order valence-electron chi connectivity index (χ1n) is 4.86. The van der Waals surface area contributed by atoms with E-state index < -0.39 is 0 Å². The molecule has 0 aliphatic carbocycles. The van der Waals surface area contributed by atoms with Gasteiger partial charge in [0.15, 0.2) is 0 Å². The van der Waals surface area contributed by atoms with Gasteiger partial charge in [0.05, 0.1) is 23.4 Å². The molecule has 0 amide bonds. The number of pyridine rings is 1. The number of nitrogens with zero attached hydrogens (tertiary/aromatic N) is 3. The third kappa shape index (κ3) is 1.81. The highest BCUT2D eigenvalue weighted by Gasteiger charge is 2.06. The minimum absolute atomic E-state index is 0.302. The molecule has 0 unspecified atom stereocenters. The van der Waals surface area contributed by atoms with Crippen molar-refractivity contribution >= 4 is 17.2 Å². The van der Waals surface area contributed by atoms with E-state index in [1.165, 1.54) is 0 Å². The Hall–Kier alpha value is -1.75. The van der Waals surface area contributed by atoms with Crippen LogP contribution in [0.25, 0.3) is 5.69 Å². The number of aromatic nitrogens is 3. The quantitative estimate of drug-likeness (QED) is 0.798. The van der Waals surface area contributed by atoms with Gasteiger partial charge in [-0.05, 0) is 26.0 Å². The molecule has 2 aromatic rings. The van der Waals surface area contributed by atoms with Crippen molar-refractivity contribution in [2.75, 3.05) is 0 Å². The van der Waals surface area contributed by atoms with Crippen molar-refractivity contribution in [2.45, 2.75) is 13.8 Å². The first kappa shape index (κ1) is 10.8. The summed E-state index contributed by atoms with van der Waals surface area (Å²) in [5.41, 5.74) is 9.25. The van der Waals surface area contributed by atoms with E-state index >= 15 is 0 Å². The molecular weight excluding hydrogens is 220 g/mol. The normalized spacial score (nSPS) is 10.4. The molecule has 5 heteroatoms. The van der Waals surface area contributed by atoms with Crippen LogP contribution >= 0.6 is 12.2 Å². The van der Waals surface area contributed by atoms with Crippen molar-refractivity contribution in [1.29, 1.82) is 0 Å². The monoisotopic (exact) mass is 232 g/mol. The van der Waals surface area contributed by atoms with Crippen molar-refractivity contribution in [2.24, 2.45) is 5.73 Å². The summed E-state index contributed by atoms with van der Waals surface area (Å²) in [5.74, 6) is 0. The molecule has 0 saturated heterocycles. The Morgan fingerprint density at radius 1 is 1.38 bits per heavy atom. The maximum absolute atomic E-state index is 5.55. The van der Waals surface area contributed by atoms with Crippen LogP contribution in [0.5, 0.6) is 0 Å². The largest absolute Gasteiger partial charge is 0.388 e. The van der Waals surface area contributed by atoms with Gasteiger partial charge in [-0.3, -0.25) is 4.98 Å². The van der Waals surface area contributed by atoms with Gasteiger partial charge in [0.2, 0.25) is 0 Å². The fourth-order valence-electron chi connectivity index (χ4n) is 1.46. The summed E-state index contributed by atoms with van der Waals surface area (Å²) in [7, 11) is 0. The molecule has 0 spiro atoms. The van der Waals surface area contributed by atoms with Gasteiger partial charge in [0.1, 0.15) is 4.99 Å². The molecule has 0 radical (unpaired) electrons. The van der Waals surface area contributed by atoms with Crippen LogP contribution in [-0.2, 0) is 0 Å². The van der Waals surface area contributed by atoms with Crippen molar-refractivity contribution in [3.63, 3.8) is 0 Å².